The summed E-state index contributed by atoms with van der Waals surface area (Å²) in [4.78, 5) is 8.70. The number of thiol groups is 1. The predicted molar refractivity (Wildman–Crippen MR) is 70.5 cm³/mol. The molecule has 1 aliphatic carbocycles. The number of nitrogens with zero attached hydrogens (tertiary/aromatic N) is 3. The van der Waals surface area contributed by atoms with Crippen LogP contribution in [0.15, 0.2) is 17.5 Å². The van der Waals surface area contributed by atoms with Gasteiger partial charge in [0.2, 0.25) is 0 Å². The number of aliphatic imine (C=N–C) groups is 1. The van der Waals surface area contributed by atoms with Gasteiger partial charge in [-0.25, -0.2) is 9.98 Å². The number of aromatic nitrogens is 2. The van der Waals surface area contributed by atoms with Crippen LogP contribution in [0.3, 0.4) is 0 Å². The van der Waals surface area contributed by atoms with Crippen molar-refractivity contribution in [2.24, 2.45) is 10.9 Å². The minimum Gasteiger partial charge on any atom is -0.371 e. The van der Waals surface area contributed by atoms with E-state index >= 15 is 0 Å². The van der Waals surface area contributed by atoms with Crippen LogP contribution in [0.2, 0.25) is 0 Å². The third-order valence-electron chi connectivity index (χ3n) is 3.40. The molecule has 1 aromatic heterocycles. The molecule has 1 aliphatic heterocycles. The van der Waals surface area contributed by atoms with E-state index in [0.717, 1.165) is 10.9 Å². The van der Waals surface area contributed by atoms with Crippen LogP contribution in [-0.2, 0) is 0 Å². The summed E-state index contributed by atoms with van der Waals surface area (Å²) in [5, 5.41) is 11.1. The second-order valence-electron chi connectivity index (χ2n) is 4.43. The van der Waals surface area contributed by atoms with Crippen molar-refractivity contribution in [3.8, 4) is 12.3 Å². The molecule has 3 rings (SSSR count). The van der Waals surface area contributed by atoms with Crippen molar-refractivity contribution in [1.29, 1.82) is 0 Å². The number of aliphatic hydroxyl groups excluding tert-OH is 1. The van der Waals surface area contributed by atoms with E-state index in [4.69, 9.17) is 6.42 Å². The molecule has 0 spiro atoms. The van der Waals surface area contributed by atoms with E-state index in [1.54, 1.807) is 12.5 Å². The third kappa shape index (κ3) is 1.68. The monoisotopic (exact) mass is 249 g/mol. The molecule has 0 bridgehead atoms. The maximum atomic E-state index is 10.0. The Morgan fingerprint density at radius 3 is 3.00 bits per heavy atom. The lowest BCUT2D eigenvalue weighted by molar-refractivity contribution is 0.316. The van der Waals surface area contributed by atoms with E-state index in [1.165, 1.54) is 25.7 Å². The normalized spacial score (nSPS) is 27.5. The predicted octanol–water partition coefficient (Wildman–Crippen LogP) is 1.83. The van der Waals surface area contributed by atoms with Gasteiger partial charge in [-0.05, 0) is 12.8 Å². The van der Waals surface area contributed by atoms with E-state index in [-0.39, 0.29) is 0 Å². The van der Waals surface area contributed by atoms with E-state index in [9.17, 15) is 5.11 Å². The fourth-order valence-electron chi connectivity index (χ4n) is 2.58. The second kappa shape index (κ2) is 4.21. The summed E-state index contributed by atoms with van der Waals surface area (Å²) < 4.78 is 1.95. The summed E-state index contributed by atoms with van der Waals surface area (Å²) in [6.07, 6.45) is 13.7. The third-order valence-corrected chi connectivity index (χ3v) is 5.72. The van der Waals surface area contributed by atoms with Crippen LogP contribution in [-0.4, -0.2) is 24.5 Å². The number of hydrogen-bond acceptors (Lipinski definition) is 3. The molecule has 2 aliphatic rings. The topological polar surface area (TPSA) is 50.4 Å². The van der Waals surface area contributed by atoms with E-state index in [2.05, 4.69) is 15.9 Å². The van der Waals surface area contributed by atoms with Gasteiger partial charge in [0.05, 0.1) is 11.2 Å². The van der Waals surface area contributed by atoms with Gasteiger partial charge in [0.25, 0.3) is 0 Å². The lowest BCUT2D eigenvalue weighted by Gasteiger charge is -2.25. The first-order valence-electron chi connectivity index (χ1n) is 5.86. The molecule has 2 atom stereocenters. The first-order valence-corrected chi connectivity index (χ1v) is 7.22. The Hall–Kier alpha value is -1.25. The first-order chi connectivity index (χ1) is 8.31. The molecule has 1 saturated carbocycles. The van der Waals surface area contributed by atoms with Crippen LogP contribution in [0.1, 0.15) is 25.7 Å². The van der Waals surface area contributed by atoms with Crippen molar-refractivity contribution in [3.05, 3.63) is 12.5 Å². The molecule has 4 nitrogen and oxygen atoms in total. The smallest absolute Gasteiger partial charge is 0.164 e. The Balaban J connectivity index is 1.97. The molecule has 1 N–H and O–H groups in total. The molecule has 0 aromatic carbocycles. The summed E-state index contributed by atoms with van der Waals surface area (Å²) in [6, 6.07) is 0. The maximum absolute atomic E-state index is 10.0. The molecular weight excluding hydrogens is 234 g/mol. The molecule has 17 heavy (non-hydrogen) atoms. The van der Waals surface area contributed by atoms with Crippen molar-refractivity contribution in [3.63, 3.8) is 0 Å². The van der Waals surface area contributed by atoms with Crippen LogP contribution in [0, 0.1) is 18.3 Å². The zero-order valence-corrected chi connectivity index (χ0v) is 10.3. The van der Waals surface area contributed by atoms with Crippen LogP contribution in [0.5, 0.6) is 0 Å². The molecule has 2 unspecified atom stereocenters. The highest BCUT2D eigenvalue weighted by Crippen LogP contribution is 2.48. The van der Waals surface area contributed by atoms with Crippen LogP contribution >= 0.6 is 11.1 Å². The highest BCUT2D eigenvalue weighted by Gasteiger charge is 2.34. The Kier molecular flexibility index (Phi) is 2.69. The minimum absolute atomic E-state index is 0.504. The number of fused-ring (bicyclic) bond motifs is 1. The fourth-order valence-corrected chi connectivity index (χ4v) is 4.76. The summed E-state index contributed by atoms with van der Waals surface area (Å²) >= 11 is -0.936. The average Bonchev–Trinajstić information content (AvgIpc) is 3.02. The fraction of sp³-hybridized carbons (Fsp3) is 0.500. The van der Waals surface area contributed by atoms with Gasteiger partial charge >= 0.3 is 0 Å². The number of aliphatic hydroxyl groups is 1. The Morgan fingerprint density at radius 2 is 2.29 bits per heavy atom. The Labute approximate surface area is 103 Å². The van der Waals surface area contributed by atoms with Gasteiger partial charge in [-0.1, -0.05) is 29.8 Å². The molecule has 0 amide bonds. The van der Waals surface area contributed by atoms with Gasteiger partial charge in [-0.15, -0.1) is 6.42 Å². The van der Waals surface area contributed by atoms with Gasteiger partial charge in [0, 0.05) is 5.92 Å². The van der Waals surface area contributed by atoms with Crippen LogP contribution in [0.25, 0.3) is 0 Å². The van der Waals surface area contributed by atoms with Crippen molar-refractivity contribution >= 4 is 21.9 Å². The molecule has 5 heteroatoms. The van der Waals surface area contributed by atoms with Gasteiger partial charge in [0.15, 0.2) is 11.3 Å². The molecule has 0 radical (unpaired) electrons. The largest absolute Gasteiger partial charge is 0.371 e. The number of terminal acetylenes is 1. The molecule has 0 saturated heterocycles. The van der Waals surface area contributed by atoms with E-state index in [1.807, 2.05) is 3.97 Å². The zero-order valence-electron chi connectivity index (χ0n) is 9.45. The van der Waals surface area contributed by atoms with Gasteiger partial charge < -0.3 is 5.11 Å². The van der Waals surface area contributed by atoms with Crippen molar-refractivity contribution in [2.45, 2.75) is 31.1 Å². The molecule has 2 heterocycles. The first kappa shape index (κ1) is 10.9. The molecule has 1 aromatic rings. The molecular formula is C12H15N3OS. The van der Waals surface area contributed by atoms with Crippen molar-refractivity contribution < 1.29 is 5.11 Å². The number of hydrogen-bond donors (Lipinski definition) is 2. The highest BCUT2D eigenvalue weighted by atomic mass is 32.2. The summed E-state index contributed by atoms with van der Waals surface area (Å²) in [5.41, 5.74) is -0.750. The quantitative estimate of drug-likeness (QED) is 0.620. The van der Waals surface area contributed by atoms with Crippen LogP contribution in [0.4, 0.5) is 5.82 Å². The average molecular weight is 249 g/mol. The number of rotatable bonds is 2. The Bertz CT molecular complexity index is 496. The van der Waals surface area contributed by atoms with Gasteiger partial charge in [0.1, 0.15) is 6.33 Å². The van der Waals surface area contributed by atoms with Crippen molar-refractivity contribution in [2.75, 3.05) is 0 Å². The standard InChI is InChI=1S/C12H15N3OS/c1-2-11(16)17-12(9-5-3-4-6-9)14-10-7-13-8-15(10)17/h1,7-9,11,16-17H,3-6H2. The number of imidazole rings is 1. The van der Waals surface area contributed by atoms with Gasteiger partial charge in [-0.2, -0.15) is 0 Å². The highest BCUT2D eigenvalue weighted by molar-refractivity contribution is 8.29. The maximum Gasteiger partial charge on any atom is 0.164 e. The minimum atomic E-state index is -0.936. The van der Waals surface area contributed by atoms with E-state index < -0.39 is 16.5 Å². The SMILES string of the molecule is C#CC(O)[SH]1C(C2CCCC2)=Nc2cncn21. The van der Waals surface area contributed by atoms with Gasteiger partial charge in [-0.3, -0.25) is 3.97 Å². The van der Waals surface area contributed by atoms with E-state index in [0.29, 0.717) is 5.92 Å². The molecule has 1 fully saturated rings. The summed E-state index contributed by atoms with van der Waals surface area (Å²) in [7, 11) is 0. The lowest BCUT2D eigenvalue weighted by atomic mass is 10.1. The van der Waals surface area contributed by atoms with Crippen LogP contribution < -0.4 is 0 Å². The van der Waals surface area contributed by atoms with Crippen molar-refractivity contribution in [1.82, 2.24) is 8.96 Å². The Morgan fingerprint density at radius 1 is 1.53 bits per heavy atom. The summed E-state index contributed by atoms with van der Waals surface area (Å²) in [6.45, 7) is 0. The zero-order chi connectivity index (χ0) is 11.8. The second-order valence-corrected chi connectivity index (χ2v) is 6.50. The lowest BCUT2D eigenvalue weighted by Crippen LogP contribution is -2.19. The summed E-state index contributed by atoms with van der Waals surface area (Å²) in [5.74, 6) is 3.79. The molecule has 90 valence electrons.